The minimum atomic E-state index is -0.478. The number of rotatable bonds is 4. The first-order valence-electron chi connectivity index (χ1n) is 7.74. The van der Waals surface area contributed by atoms with Gasteiger partial charge >= 0.3 is 0 Å². The summed E-state index contributed by atoms with van der Waals surface area (Å²) in [5.41, 5.74) is 0.533. The van der Waals surface area contributed by atoms with Crippen LogP contribution in [0.5, 0.6) is 5.88 Å². The number of aromatic nitrogens is 2. The number of methoxy groups -OCH3 is 1. The lowest BCUT2D eigenvalue weighted by atomic mass is 10.3. The normalized spacial score (nSPS) is 20.9. The first-order chi connectivity index (χ1) is 11.6. The largest absolute Gasteiger partial charge is 0.480 e. The minimum absolute atomic E-state index is 0.143. The number of nitrogens with one attached hydrogen (secondary N) is 2. The Bertz CT molecular complexity index is 697. The first kappa shape index (κ1) is 16.7. The lowest BCUT2D eigenvalue weighted by molar-refractivity contribution is -0.117. The van der Waals surface area contributed by atoms with Crippen LogP contribution in [0.2, 0.25) is 0 Å². The van der Waals surface area contributed by atoms with E-state index in [2.05, 4.69) is 36.9 Å². The number of nitrogens with zero attached hydrogens (tertiary/aromatic N) is 4. The maximum Gasteiger partial charge on any atom is 0.267 e. The molecule has 2 N–H and O–H groups in total. The lowest BCUT2D eigenvalue weighted by Crippen LogP contribution is -2.45. The quantitative estimate of drug-likeness (QED) is 0.729. The van der Waals surface area contributed by atoms with Crippen molar-refractivity contribution >= 4 is 27.9 Å². The highest BCUT2D eigenvalue weighted by Gasteiger charge is 2.21. The Morgan fingerprint density at radius 2 is 2.12 bits per heavy atom. The van der Waals surface area contributed by atoms with Gasteiger partial charge in [-0.1, -0.05) is 10.7 Å². The summed E-state index contributed by atoms with van der Waals surface area (Å²) in [6, 6.07) is 0. The van der Waals surface area contributed by atoms with Gasteiger partial charge in [-0.3, -0.25) is 4.79 Å². The maximum absolute atomic E-state index is 11.7. The summed E-state index contributed by atoms with van der Waals surface area (Å²) in [6.45, 7) is 3.79. The highest BCUT2D eigenvalue weighted by atomic mass is 32.2. The smallest absolute Gasteiger partial charge is 0.267 e. The van der Waals surface area contributed by atoms with Crippen LogP contribution in [0.4, 0.5) is 5.95 Å². The number of carbonyl (C=O) groups excluding carboxylic acids is 1. The predicted octanol–water partition coefficient (Wildman–Crippen LogP) is -0.185. The Balaban J connectivity index is 1.77. The molecule has 1 aromatic rings. The van der Waals surface area contributed by atoms with Gasteiger partial charge in [0.1, 0.15) is 10.6 Å². The van der Waals surface area contributed by atoms with Crippen LogP contribution < -0.4 is 19.7 Å². The maximum atomic E-state index is 11.7. The standard InChI is InChI=1S/C15H22N6O2S/c1-16-13(22)11-4-9-24(19-11)12-10-17-15(18-14(12)23-3)21-7-5-20(2)6-8-21/h4,9-10,19H,5-8H2,1-3H3,(H,16,22). The van der Waals surface area contributed by atoms with Crippen molar-refractivity contribution in [3.05, 3.63) is 18.0 Å². The van der Waals surface area contributed by atoms with Gasteiger partial charge in [0, 0.05) is 33.2 Å². The molecular weight excluding hydrogens is 328 g/mol. The number of ether oxygens (including phenoxy) is 1. The van der Waals surface area contributed by atoms with Gasteiger partial charge in [0.2, 0.25) is 11.8 Å². The lowest BCUT2D eigenvalue weighted by Gasteiger charge is -2.32. The molecule has 0 aromatic carbocycles. The fourth-order valence-electron chi connectivity index (χ4n) is 2.51. The van der Waals surface area contributed by atoms with Crippen molar-refractivity contribution in [2.75, 3.05) is 52.3 Å². The molecule has 2 aliphatic heterocycles. The summed E-state index contributed by atoms with van der Waals surface area (Å²) in [6.07, 6.45) is 3.56. The van der Waals surface area contributed by atoms with Crippen molar-refractivity contribution in [1.29, 1.82) is 0 Å². The molecule has 24 heavy (non-hydrogen) atoms. The predicted molar refractivity (Wildman–Crippen MR) is 95.5 cm³/mol. The van der Waals surface area contributed by atoms with Gasteiger partial charge in [-0.2, -0.15) is 4.98 Å². The number of allylic oxidation sites excluding steroid dienone is 1. The van der Waals surface area contributed by atoms with E-state index in [1.165, 1.54) is 0 Å². The van der Waals surface area contributed by atoms with Gasteiger partial charge in [-0.25, -0.2) is 4.98 Å². The third-order valence-electron chi connectivity index (χ3n) is 3.99. The summed E-state index contributed by atoms with van der Waals surface area (Å²) in [7, 11) is 4.84. The summed E-state index contributed by atoms with van der Waals surface area (Å²) in [5.74, 6) is 1.08. The summed E-state index contributed by atoms with van der Waals surface area (Å²) in [5, 5.41) is 4.54. The van der Waals surface area contributed by atoms with Crippen LogP contribution in [0, 0.1) is 0 Å². The Kier molecular flexibility index (Phi) is 5.00. The Labute approximate surface area is 144 Å². The molecule has 3 heterocycles. The van der Waals surface area contributed by atoms with Crippen molar-refractivity contribution in [2.45, 2.75) is 4.90 Å². The van der Waals surface area contributed by atoms with Crippen LogP contribution in [0.1, 0.15) is 0 Å². The van der Waals surface area contributed by atoms with Gasteiger partial charge in [0.25, 0.3) is 5.91 Å². The van der Waals surface area contributed by atoms with Crippen LogP contribution >= 0.6 is 10.7 Å². The third-order valence-corrected chi connectivity index (χ3v) is 5.59. The second-order valence-electron chi connectivity index (χ2n) is 5.57. The fourth-order valence-corrected chi connectivity index (χ4v) is 3.99. The van der Waals surface area contributed by atoms with E-state index in [-0.39, 0.29) is 5.91 Å². The molecule has 1 amide bonds. The van der Waals surface area contributed by atoms with E-state index in [1.807, 2.05) is 5.37 Å². The Morgan fingerprint density at radius 3 is 2.79 bits per heavy atom. The van der Waals surface area contributed by atoms with Crippen molar-refractivity contribution < 1.29 is 9.53 Å². The topological polar surface area (TPSA) is 82.6 Å². The molecule has 1 aromatic heterocycles. The molecule has 9 heteroatoms. The van der Waals surface area contributed by atoms with Gasteiger partial charge in [-0.05, 0) is 18.5 Å². The average molecular weight is 350 g/mol. The van der Waals surface area contributed by atoms with E-state index in [0.717, 1.165) is 31.1 Å². The van der Waals surface area contributed by atoms with Crippen molar-refractivity contribution in [3.63, 3.8) is 0 Å². The number of hydrogen-bond acceptors (Lipinski definition) is 7. The van der Waals surface area contributed by atoms with Crippen molar-refractivity contribution in [1.82, 2.24) is 24.9 Å². The molecule has 3 rings (SSSR count). The zero-order valence-electron chi connectivity index (χ0n) is 14.1. The van der Waals surface area contributed by atoms with E-state index < -0.39 is 10.7 Å². The molecule has 0 radical (unpaired) electrons. The number of likely N-dealkylation sites (N-methyl/N-ethyl adjacent to an activating group) is 2. The van der Waals surface area contributed by atoms with Gasteiger partial charge in [0.05, 0.1) is 13.3 Å². The van der Waals surface area contributed by atoms with Crippen molar-refractivity contribution in [2.24, 2.45) is 0 Å². The van der Waals surface area contributed by atoms with Crippen LogP contribution in [0.25, 0.3) is 0 Å². The average Bonchev–Trinajstić information content (AvgIpc) is 3.11. The highest BCUT2D eigenvalue weighted by Crippen LogP contribution is 2.34. The highest BCUT2D eigenvalue weighted by molar-refractivity contribution is 8.14. The molecule has 8 nitrogen and oxygen atoms in total. The van der Waals surface area contributed by atoms with E-state index in [1.54, 1.807) is 26.4 Å². The molecule has 1 fully saturated rings. The van der Waals surface area contributed by atoms with Crippen molar-refractivity contribution in [3.8, 4) is 5.88 Å². The van der Waals surface area contributed by atoms with Crippen LogP contribution in [-0.2, 0) is 4.79 Å². The molecule has 2 aliphatic rings. The van der Waals surface area contributed by atoms with Crippen LogP contribution in [0.15, 0.2) is 22.9 Å². The molecule has 0 saturated carbocycles. The summed E-state index contributed by atoms with van der Waals surface area (Å²) < 4.78 is 8.65. The second kappa shape index (κ2) is 7.18. The molecule has 0 aliphatic carbocycles. The zero-order valence-corrected chi connectivity index (χ0v) is 14.9. The van der Waals surface area contributed by atoms with E-state index in [4.69, 9.17) is 4.74 Å². The second-order valence-corrected chi connectivity index (χ2v) is 7.16. The number of amides is 1. The van der Waals surface area contributed by atoms with E-state index in [9.17, 15) is 4.79 Å². The molecule has 0 spiro atoms. The van der Waals surface area contributed by atoms with Gasteiger partial charge < -0.3 is 24.6 Å². The zero-order chi connectivity index (χ0) is 17.1. The SMILES string of the molecule is CNC(=O)C1=CC=S(c2cnc(N3CCN(C)CC3)nc2OC)N1. The number of carbonyl (C=O) groups is 1. The van der Waals surface area contributed by atoms with Gasteiger partial charge in [-0.15, -0.1) is 0 Å². The minimum Gasteiger partial charge on any atom is -0.480 e. The summed E-state index contributed by atoms with van der Waals surface area (Å²) >= 11 is 0. The monoisotopic (exact) mass is 350 g/mol. The fraction of sp³-hybridized carbons (Fsp3) is 0.467. The summed E-state index contributed by atoms with van der Waals surface area (Å²) in [4.78, 5) is 26.1. The van der Waals surface area contributed by atoms with E-state index in [0.29, 0.717) is 17.5 Å². The Hall–Kier alpha value is -2.13. The molecule has 1 saturated heterocycles. The number of hydrogen-bond donors (Lipinski definition) is 2. The van der Waals surface area contributed by atoms with Crippen LogP contribution in [-0.4, -0.2) is 73.5 Å². The molecule has 1 atom stereocenters. The molecule has 130 valence electrons. The molecule has 1 unspecified atom stereocenters. The third kappa shape index (κ3) is 3.36. The Morgan fingerprint density at radius 1 is 1.38 bits per heavy atom. The molecular formula is C15H22N6O2S. The first-order valence-corrected chi connectivity index (χ1v) is 9.02. The molecule has 0 bridgehead atoms. The number of piperazine rings is 1. The van der Waals surface area contributed by atoms with E-state index >= 15 is 0 Å². The number of anilines is 1. The van der Waals surface area contributed by atoms with Crippen LogP contribution in [0.3, 0.4) is 0 Å². The van der Waals surface area contributed by atoms with Gasteiger partial charge in [0.15, 0.2) is 0 Å².